The topological polar surface area (TPSA) is 0 Å². The molecule has 0 bridgehead atoms. The molecule has 0 aromatic rings. The van der Waals surface area contributed by atoms with Crippen LogP contribution in [0.25, 0.3) is 0 Å². The van der Waals surface area contributed by atoms with Crippen molar-refractivity contribution >= 4 is 60.4 Å². The Kier molecular flexibility index (Phi) is 130. The summed E-state index contributed by atoms with van der Waals surface area (Å²) in [4.78, 5) is 0. The van der Waals surface area contributed by atoms with Crippen molar-refractivity contribution in [2.75, 3.05) is 0 Å². The molecule has 0 saturated carbocycles. The minimum absolute atomic E-state index is 0. The Labute approximate surface area is 86.1 Å². The van der Waals surface area contributed by atoms with E-state index < -0.39 is 0 Å². The van der Waals surface area contributed by atoms with Crippen molar-refractivity contribution in [1.29, 1.82) is 0 Å². The maximum Gasteiger partial charge on any atom is 0 e. The van der Waals surface area contributed by atoms with Crippen LogP contribution in [0.3, 0.4) is 0 Å². The smallest absolute Gasteiger partial charge is 0 e. The second-order valence-corrected chi connectivity index (χ2v) is 0. The summed E-state index contributed by atoms with van der Waals surface area (Å²) in [5.41, 5.74) is 0. The molecule has 0 rings (SSSR count). The zero-order valence-corrected chi connectivity index (χ0v) is 11.4. The predicted molar refractivity (Wildman–Crippen MR) is 38.1 cm³/mol. The van der Waals surface area contributed by atoms with Gasteiger partial charge >= 0.3 is 0 Å². The molecule has 4 heavy (non-hydrogen) atoms. The van der Waals surface area contributed by atoms with Crippen molar-refractivity contribution < 1.29 is 27.3 Å². The number of hydrogen-bond acceptors (Lipinski definition) is 0. The number of hydrogen-bond donors (Lipinski definition) is 0. The fourth-order valence-electron chi connectivity index (χ4n) is 0. The van der Waals surface area contributed by atoms with Crippen LogP contribution < -0.4 is 0 Å². The molecule has 0 amide bonds. The van der Waals surface area contributed by atoms with Crippen LogP contribution in [0, 0.1) is 0 Å². The standard InChI is InChI=1S/Cd.ClH.2HI/h;3*1H. The third-order valence-corrected chi connectivity index (χ3v) is 0. The second kappa shape index (κ2) is 17.3. The molecule has 0 atom stereocenters. The molecule has 0 spiro atoms. The molecule has 0 fully saturated rings. The Bertz CT molecular complexity index is 6.00. The van der Waals surface area contributed by atoms with E-state index in [4.69, 9.17) is 0 Å². The maximum atomic E-state index is 0. The van der Waals surface area contributed by atoms with E-state index in [1.807, 2.05) is 0 Å². The normalized spacial score (nSPS) is 0. The molecule has 0 aliphatic rings. The maximum absolute atomic E-state index is 0. The average molecular weight is 405 g/mol. The molecule has 26 valence electrons. The second-order valence-electron chi connectivity index (χ2n) is 0. The predicted octanol–water partition coefficient (Wildman–Crippen LogP) is 1.66. The fourth-order valence-corrected chi connectivity index (χ4v) is 0. The van der Waals surface area contributed by atoms with Crippen molar-refractivity contribution in [3.63, 3.8) is 0 Å². The molecule has 0 aliphatic carbocycles. The van der Waals surface area contributed by atoms with Crippen molar-refractivity contribution in [1.82, 2.24) is 0 Å². The van der Waals surface area contributed by atoms with E-state index in [0.717, 1.165) is 0 Å². The molecule has 0 saturated heterocycles. The van der Waals surface area contributed by atoms with Gasteiger partial charge in [0.05, 0.1) is 0 Å². The summed E-state index contributed by atoms with van der Waals surface area (Å²) in [5.74, 6) is 0. The van der Waals surface area contributed by atoms with Gasteiger partial charge in [-0.1, -0.05) is 0 Å². The Morgan fingerprint density at radius 3 is 0.750 bits per heavy atom. The van der Waals surface area contributed by atoms with Crippen molar-refractivity contribution in [3.05, 3.63) is 0 Å². The number of halogens is 3. The van der Waals surface area contributed by atoms with Gasteiger partial charge in [0.2, 0.25) is 0 Å². The van der Waals surface area contributed by atoms with Crippen LogP contribution in [0.4, 0.5) is 0 Å². The first kappa shape index (κ1) is 30.1. The summed E-state index contributed by atoms with van der Waals surface area (Å²) in [6.07, 6.45) is 0. The molecule has 0 nitrogen and oxygen atoms in total. The summed E-state index contributed by atoms with van der Waals surface area (Å²) in [6.45, 7) is 0. The van der Waals surface area contributed by atoms with Crippen LogP contribution in [0.5, 0.6) is 0 Å². The molecule has 0 aliphatic heterocycles. The summed E-state index contributed by atoms with van der Waals surface area (Å²) < 4.78 is 0. The number of rotatable bonds is 0. The van der Waals surface area contributed by atoms with Gasteiger partial charge in [-0.15, -0.1) is 60.4 Å². The van der Waals surface area contributed by atoms with Crippen molar-refractivity contribution in [3.8, 4) is 0 Å². The summed E-state index contributed by atoms with van der Waals surface area (Å²) in [5, 5.41) is 0. The third-order valence-electron chi connectivity index (χ3n) is 0. The van der Waals surface area contributed by atoms with Crippen LogP contribution in [0.2, 0.25) is 0 Å². The molecule has 0 N–H and O–H groups in total. The van der Waals surface area contributed by atoms with Gasteiger partial charge in [0, 0.05) is 27.3 Å². The van der Waals surface area contributed by atoms with E-state index in [9.17, 15) is 0 Å². The van der Waals surface area contributed by atoms with E-state index >= 15 is 0 Å². The molecule has 0 heterocycles. The Balaban J connectivity index is 0. The zero-order chi connectivity index (χ0) is 0. The quantitative estimate of drug-likeness (QED) is 0.425. The van der Waals surface area contributed by atoms with Crippen molar-refractivity contribution in [2.24, 2.45) is 0 Å². The fraction of sp³-hybridized carbons (Fsp3) is 0. The average Bonchev–Trinajstić information content (AvgIpc) is 0. The summed E-state index contributed by atoms with van der Waals surface area (Å²) >= 11 is 0. The first-order chi connectivity index (χ1) is 0. The van der Waals surface area contributed by atoms with E-state index in [0.29, 0.717) is 0 Å². The van der Waals surface area contributed by atoms with E-state index in [1.165, 1.54) is 0 Å². The molecular weight excluding hydrogens is 402 g/mol. The summed E-state index contributed by atoms with van der Waals surface area (Å²) in [6, 6.07) is 0. The largest absolute Gasteiger partial charge is 0.147 e. The Morgan fingerprint density at radius 1 is 0.750 bits per heavy atom. The first-order valence-electron chi connectivity index (χ1n) is 0. The van der Waals surface area contributed by atoms with Gasteiger partial charge in [0.1, 0.15) is 0 Å². The molecule has 0 aromatic heterocycles. The Hall–Kier alpha value is 2.67. The van der Waals surface area contributed by atoms with Crippen LogP contribution >= 0.6 is 60.4 Å². The van der Waals surface area contributed by atoms with Crippen LogP contribution in [-0.4, -0.2) is 0 Å². The van der Waals surface area contributed by atoms with E-state index in [1.54, 1.807) is 0 Å². The molecule has 4 heteroatoms. The SMILES string of the molecule is Cl.I.I.[Cd]. The van der Waals surface area contributed by atoms with Gasteiger partial charge in [0.25, 0.3) is 0 Å². The van der Waals surface area contributed by atoms with Crippen LogP contribution in [0.15, 0.2) is 0 Å². The third kappa shape index (κ3) is 8.82. The van der Waals surface area contributed by atoms with Gasteiger partial charge in [-0.2, -0.15) is 0 Å². The van der Waals surface area contributed by atoms with Gasteiger partial charge in [-0.05, 0) is 0 Å². The van der Waals surface area contributed by atoms with Gasteiger partial charge in [-0.25, -0.2) is 0 Å². The van der Waals surface area contributed by atoms with Crippen LogP contribution in [0.1, 0.15) is 0 Å². The zero-order valence-electron chi connectivity index (χ0n) is 1.93. The monoisotopic (exact) mass is 406 g/mol. The van der Waals surface area contributed by atoms with Gasteiger partial charge < -0.3 is 0 Å². The molecular formula is H3CdClI2. The van der Waals surface area contributed by atoms with E-state index in [-0.39, 0.29) is 87.7 Å². The van der Waals surface area contributed by atoms with Gasteiger partial charge in [-0.3, -0.25) is 0 Å². The Morgan fingerprint density at radius 2 is 0.750 bits per heavy atom. The summed E-state index contributed by atoms with van der Waals surface area (Å²) in [7, 11) is 0. The van der Waals surface area contributed by atoms with Crippen LogP contribution in [-0.2, 0) is 27.3 Å². The molecule has 0 unspecified atom stereocenters. The minimum atomic E-state index is 0. The van der Waals surface area contributed by atoms with E-state index in [2.05, 4.69) is 0 Å². The van der Waals surface area contributed by atoms with Crippen molar-refractivity contribution in [2.45, 2.75) is 0 Å². The van der Waals surface area contributed by atoms with Gasteiger partial charge in [0.15, 0.2) is 0 Å². The molecule has 0 radical (unpaired) electrons. The minimum Gasteiger partial charge on any atom is -0.147 e. The molecule has 0 aromatic carbocycles. The first-order valence-corrected chi connectivity index (χ1v) is 0.